The molecule has 0 aliphatic carbocycles. The fourth-order valence-electron chi connectivity index (χ4n) is 2.26. The zero-order valence-corrected chi connectivity index (χ0v) is 14.1. The van der Waals surface area contributed by atoms with Gasteiger partial charge in [0.05, 0.1) is 6.54 Å². The van der Waals surface area contributed by atoms with Crippen LogP contribution in [0.5, 0.6) is 0 Å². The van der Waals surface area contributed by atoms with Gasteiger partial charge in [0.2, 0.25) is 5.91 Å². The first-order valence-corrected chi connectivity index (χ1v) is 8.49. The van der Waals surface area contributed by atoms with Crippen LogP contribution in [0.15, 0.2) is 54.4 Å². The number of aryl methyl sites for hydroxylation is 1. The van der Waals surface area contributed by atoms with Crippen molar-refractivity contribution in [3.8, 4) is 0 Å². The lowest BCUT2D eigenvalue weighted by molar-refractivity contribution is -0.131. The normalized spacial score (nSPS) is 10.3. The van der Waals surface area contributed by atoms with E-state index < -0.39 is 0 Å². The van der Waals surface area contributed by atoms with E-state index in [9.17, 15) is 9.59 Å². The zero-order chi connectivity index (χ0) is 16.7. The van der Waals surface area contributed by atoms with Gasteiger partial charge in [-0.25, -0.2) is 0 Å². The molecule has 0 unspecified atom stereocenters. The lowest BCUT2D eigenvalue weighted by Gasteiger charge is -2.20. The quantitative estimate of drug-likeness (QED) is 0.537. The van der Waals surface area contributed by atoms with Crippen LogP contribution in [0.4, 0.5) is 0 Å². The first-order chi connectivity index (χ1) is 11.1. The molecule has 1 aromatic heterocycles. The Balaban J connectivity index is 1.91. The molecule has 0 saturated carbocycles. The number of rotatable bonds is 8. The van der Waals surface area contributed by atoms with Gasteiger partial charge in [0.25, 0.3) is 0 Å². The number of ketones is 1. The van der Waals surface area contributed by atoms with Crippen molar-refractivity contribution < 1.29 is 9.59 Å². The van der Waals surface area contributed by atoms with Crippen molar-refractivity contribution >= 4 is 23.0 Å². The van der Waals surface area contributed by atoms with E-state index in [4.69, 9.17) is 0 Å². The van der Waals surface area contributed by atoms with Gasteiger partial charge in [0.15, 0.2) is 5.78 Å². The highest BCUT2D eigenvalue weighted by atomic mass is 32.1. The molecule has 0 bridgehead atoms. The van der Waals surface area contributed by atoms with E-state index in [-0.39, 0.29) is 24.5 Å². The highest BCUT2D eigenvalue weighted by Gasteiger charge is 2.15. The maximum atomic E-state index is 12.4. The van der Waals surface area contributed by atoms with E-state index >= 15 is 0 Å². The summed E-state index contributed by atoms with van der Waals surface area (Å²) in [5.74, 6) is -0.00760. The predicted octanol–water partition coefficient (Wildman–Crippen LogP) is 4.23. The maximum absolute atomic E-state index is 12.4. The minimum Gasteiger partial charge on any atom is -0.334 e. The van der Waals surface area contributed by atoms with Crippen LogP contribution in [0.25, 0.3) is 0 Å². The molecular weight excluding hydrogens is 306 g/mol. The third kappa shape index (κ3) is 5.18. The Morgan fingerprint density at radius 3 is 2.52 bits per heavy atom. The number of Topliss-reactive ketones (excluding diaryl/α,β-unsaturated/α-hetero) is 1. The van der Waals surface area contributed by atoms with Gasteiger partial charge >= 0.3 is 0 Å². The second-order valence-electron chi connectivity index (χ2n) is 5.43. The van der Waals surface area contributed by atoms with Crippen molar-refractivity contribution in [3.05, 3.63) is 70.4 Å². The molecule has 2 rings (SSSR count). The minimum atomic E-state index is -0.0150. The lowest BCUT2D eigenvalue weighted by atomic mass is 10.0. The van der Waals surface area contributed by atoms with Crippen LogP contribution >= 0.6 is 11.3 Å². The fraction of sp³-hybridized carbons (Fsp3) is 0.263. The van der Waals surface area contributed by atoms with Crippen LogP contribution < -0.4 is 0 Å². The van der Waals surface area contributed by atoms with E-state index in [2.05, 4.69) is 6.58 Å². The average molecular weight is 327 g/mol. The van der Waals surface area contributed by atoms with Gasteiger partial charge in [-0.3, -0.25) is 9.59 Å². The van der Waals surface area contributed by atoms with Crippen molar-refractivity contribution in [3.63, 3.8) is 0 Å². The topological polar surface area (TPSA) is 37.4 Å². The number of benzene rings is 1. The summed E-state index contributed by atoms with van der Waals surface area (Å²) in [6.07, 6.45) is 2.18. The van der Waals surface area contributed by atoms with Crippen molar-refractivity contribution in [2.75, 3.05) is 6.54 Å². The van der Waals surface area contributed by atoms with Crippen LogP contribution in [0.1, 0.15) is 33.6 Å². The van der Waals surface area contributed by atoms with Gasteiger partial charge < -0.3 is 4.90 Å². The smallest absolute Gasteiger partial charge is 0.223 e. The summed E-state index contributed by atoms with van der Waals surface area (Å²) in [6.45, 7) is 6.75. The molecule has 0 spiro atoms. The first kappa shape index (κ1) is 17.2. The highest BCUT2D eigenvalue weighted by molar-refractivity contribution is 7.09. The molecule has 120 valence electrons. The van der Waals surface area contributed by atoms with Crippen molar-refractivity contribution in [1.29, 1.82) is 0 Å². The number of hydrogen-bond acceptors (Lipinski definition) is 3. The SMILES string of the molecule is C=CCN(Cc1cccs1)C(=O)CCC(=O)c1ccc(C)cc1. The van der Waals surface area contributed by atoms with Gasteiger partial charge in [0, 0.05) is 29.8 Å². The average Bonchev–Trinajstić information content (AvgIpc) is 3.05. The van der Waals surface area contributed by atoms with Gasteiger partial charge in [-0.2, -0.15) is 0 Å². The molecule has 0 radical (unpaired) electrons. The summed E-state index contributed by atoms with van der Waals surface area (Å²) in [5, 5.41) is 1.99. The lowest BCUT2D eigenvalue weighted by Crippen LogP contribution is -2.30. The maximum Gasteiger partial charge on any atom is 0.223 e. The summed E-state index contributed by atoms with van der Waals surface area (Å²) >= 11 is 1.62. The predicted molar refractivity (Wildman–Crippen MR) is 94.7 cm³/mol. The zero-order valence-electron chi connectivity index (χ0n) is 13.3. The number of thiophene rings is 1. The molecule has 1 heterocycles. The number of carbonyl (C=O) groups is 2. The Morgan fingerprint density at radius 1 is 1.17 bits per heavy atom. The molecule has 0 aliphatic heterocycles. The Labute approximate surface area is 141 Å². The van der Waals surface area contributed by atoms with Crippen LogP contribution in [-0.2, 0) is 11.3 Å². The van der Waals surface area contributed by atoms with Gasteiger partial charge in [-0.1, -0.05) is 42.0 Å². The summed E-state index contributed by atoms with van der Waals surface area (Å²) < 4.78 is 0. The summed E-state index contributed by atoms with van der Waals surface area (Å²) in [7, 11) is 0. The fourth-order valence-corrected chi connectivity index (χ4v) is 2.98. The standard InChI is InChI=1S/C19H21NO2S/c1-3-12-20(14-17-5-4-13-23-17)19(22)11-10-18(21)16-8-6-15(2)7-9-16/h3-9,13H,1,10-12,14H2,2H3. The first-order valence-electron chi connectivity index (χ1n) is 7.61. The van der Waals surface area contributed by atoms with Crippen LogP contribution in [0, 0.1) is 6.92 Å². The largest absolute Gasteiger partial charge is 0.334 e. The van der Waals surface area contributed by atoms with Crippen LogP contribution in [0.2, 0.25) is 0 Å². The van der Waals surface area contributed by atoms with E-state index in [1.807, 2.05) is 48.7 Å². The van der Waals surface area contributed by atoms with E-state index in [0.717, 1.165) is 10.4 Å². The van der Waals surface area contributed by atoms with Crippen LogP contribution in [0.3, 0.4) is 0 Å². The van der Waals surface area contributed by atoms with Gasteiger partial charge in [0.1, 0.15) is 0 Å². The Hall–Kier alpha value is -2.20. The molecule has 0 atom stereocenters. The van der Waals surface area contributed by atoms with Crippen molar-refractivity contribution in [2.24, 2.45) is 0 Å². The Kier molecular flexibility index (Phi) is 6.29. The third-order valence-electron chi connectivity index (χ3n) is 3.57. The molecule has 0 aliphatic rings. The Bertz CT molecular complexity index is 659. The minimum absolute atomic E-state index is 0.00743. The number of nitrogens with zero attached hydrogens (tertiary/aromatic N) is 1. The molecule has 3 nitrogen and oxygen atoms in total. The molecule has 0 fully saturated rings. The molecule has 4 heteroatoms. The molecule has 1 amide bonds. The van der Waals surface area contributed by atoms with Crippen molar-refractivity contribution in [2.45, 2.75) is 26.3 Å². The molecule has 0 saturated heterocycles. The summed E-state index contributed by atoms with van der Waals surface area (Å²) in [6, 6.07) is 11.4. The number of carbonyl (C=O) groups excluding carboxylic acids is 2. The Morgan fingerprint density at radius 2 is 1.91 bits per heavy atom. The number of hydrogen-bond donors (Lipinski definition) is 0. The summed E-state index contributed by atoms with van der Waals surface area (Å²) in [4.78, 5) is 27.4. The molecule has 2 aromatic rings. The van der Waals surface area contributed by atoms with E-state index in [1.165, 1.54) is 0 Å². The monoisotopic (exact) mass is 327 g/mol. The molecular formula is C19H21NO2S. The molecule has 23 heavy (non-hydrogen) atoms. The van der Waals surface area contributed by atoms with Gasteiger partial charge in [-0.15, -0.1) is 17.9 Å². The van der Waals surface area contributed by atoms with E-state index in [0.29, 0.717) is 18.7 Å². The van der Waals surface area contributed by atoms with E-state index in [1.54, 1.807) is 22.3 Å². The van der Waals surface area contributed by atoms with Crippen LogP contribution in [-0.4, -0.2) is 23.1 Å². The summed E-state index contributed by atoms with van der Waals surface area (Å²) in [5.41, 5.74) is 1.78. The second-order valence-corrected chi connectivity index (χ2v) is 6.46. The second kappa shape index (κ2) is 8.44. The molecule has 0 N–H and O–H groups in total. The third-order valence-corrected chi connectivity index (χ3v) is 4.43. The van der Waals surface area contributed by atoms with Gasteiger partial charge in [-0.05, 0) is 18.4 Å². The van der Waals surface area contributed by atoms with Crippen molar-refractivity contribution in [1.82, 2.24) is 4.90 Å². The highest BCUT2D eigenvalue weighted by Crippen LogP contribution is 2.14. The number of amides is 1. The molecule has 1 aromatic carbocycles.